The van der Waals surface area contributed by atoms with E-state index < -0.39 is 0 Å². The minimum atomic E-state index is -0.298. The van der Waals surface area contributed by atoms with Gasteiger partial charge in [-0.05, 0) is 64.4 Å². The molecule has 1 aliphatic heterocycles. The van der Waals surface area contributed by atoms with E-state index in [1.54, 1.807) is 0 Å². The molecule has 0 spiro atoms. The smallest absolute Gasteiger partial charge is 0.0845 e. The lowest BCUT2D eigenvalue weighted by Crippen LogP contribution is -2.38. The number of likely N-dealkylation sites (tertiary alicyclic amines) is 1. The van der Waals surface area contributed by atoms with Crippen molar-refractivity contribution in [2.45, 2.75) is 52.7 Å². The summed E-state index contributed by atoms with van der Waals surface area (Å²) in [4.78, 5) is 2.41. The van der Waals surface area contributed by atoms with Crippen LogP contribution in [0.1, 0.15) is 36.1 Å². The van der Waals surface area contributed by atoms with E-state index in [9.17, 15) is 5.11 Å². The summed E-state index contributed by atoms with van der Waals surface area (Å²) < 4.78 is 2.29. The Bertz CT molecular complexity index is 653. The molecule has 3 heteroatoms. The second-order valence-corrected chi connectivity index (χ2v) is 6.86. The quantitative estimate of drug-likeness (QED) is 0.937. The Morgan fingerprint density at radius 3 is 2.50 bits per heavy atom. The molecule has 3 nitrogen and oxygen atoms in total. The van der Waals surface area contributed by atoms with E-state index in [-0.39, 0.29) is 6.10 Å². The fourth-order valence-corrected chi connectivity index (χ4v) is 3.71. The first-order valence-corrected chi connectivity index (χ1v) is 8.52. The number of rotatable bonds is 4. The van der Waals surface area contributed by atoms with Gasteiger partial charge in [0.2, 0.25) is 0 Å². The summed E-state index contributed by atoms with van der Waals surface area (Å²) in [6, 6.07) is 6.61. The number of nitrogens with zero attached hydrogens (tertiary/aromatic N) is 2. The summed E-state index contributed by atoms with van der Waals surface area (Å²) in [5.74, 6) is 0. The van der Waals surface area contributed by atoms with Gasteiger partial charge < -0.3 is 14.6 Å². The first kappa shape index (κ1) is 15.6. The molecule has 1 aromatic carbocycles. The van der Waals surface area contributed by atoms with Crippen molar-refractivity contribution in [2.24, 2.45) is 0 Å². The lowest BCUT2D eigenvalue weighted by atomic mass is 10.1. The van der Waals surface area contributed by atoms with Gasteiger partial charge in [0.15, 0.2) is 0 Å². The van der Waals surface area contributed by atoms with Crippen molar-refractivity contribution in [3.63, 3.8) is 0 Å². The van der Waals surface area contributed by atoms with Crippen LogP contribution in [0.3, 0.4) is 0 Å². The Hall–Kier alpha value is -1.32. The highest BCUT2D eigenvalue weighted by atomic mass is 16.3. The van der Waals surface area contributed by atoms with Gasteiger partial charge in [-0.15, -0.1) is 0 Å². The van der Waals surface area contributed by atoms with E-state index in [2.05, 4.69) is 48.4 Å². The van der Waals surface area contributed by atoms with Crippen LogP contribution in [0.5, 0.6) is 0 Å². The molecule has 1 fully saturated rings. The first-order valence-electron chi connectivity index (χ1n) is 8.52. The van der Waals surface area contributed by atoms with E-state index >= 15 is 0 Å². The maximum atomic E-state index is 10.5. The van der Waals surface area contributed by atoms with E-state index in [4.69, 9.17) is 0 Å². The van der Waals surface area contributed by atoms with E-state index in [0.29, 0.717) is 6.54 Å². The molecule has 2 heterocycles. The van der Waals surface area contributed by atoms with Crippen molar-refractivity contribution in [3.05, 3.63) is 35.0 Å². The summed E-state index contributed by atoms with van der Waals surface area (Å²) in [6.45, 7) is 10.3. The zero-order valence-electron chi connectivity index (χ0n) is 14.1. The Balaban J connectivity index is 1.79. The molecule has 0 amide bonds. The van der Waals surface area contributed by atoms with Crippen molar-refractivity contribution in [1.82, 2.24) is 9.47 Å². The minimum absolute atomic E-state index is 0.298. The van der Waals surface area contributed by atoms with Crippen LogP contribution < -0.4 is 0 Å². The predicted octanol–water partition coefficient (Wildman–Crippen LogP) is 3.41. The number of aromatic nitrogens is 1. The summed E-state index contributed by atoms with van der Waals surface area (Å²) in [6.07, 6.45) is 3.59. The van der Waals surface area contributed by atoms with Crippen molar-refractivity contribution in [2.75, 3.05) is 19.6 Å². The first-order chi connectivity index (χ1) is 10.6. The number of piperidine rings is 1. The number of hydrogen-bond acceptors (Lipinski definition) is 2. The fourth-order valence-electron chi connectivity index (χ4n) is 3.71. The second-order valence-electron chi connectivity index (χ2n) is 6.86. The monoisotopic (exact) mass is 300 g/mol. The molecule has 1 atom stereocenters. The number of aryl methyl sites for hydroxylation is 2. The molecule has 120 valence electrons. The maximum absolute atomic E-state index is 10.5. The second kappa shape index (κ2) is 6.43. The van der Waals surface area contributed by atoms with Crippen LogP contribution in [0, 0.1) is 20.8 Å². The fraction of sp³-hybridized carbons (Fsp3) is 0.579. The lowest BCUT2D eigenvalue weighted by Gasteiger charge is -2.28. The highest BCUT2D eigenvalue weighted by molar-refractivity contribution is 5.85. The minimum Gasteiger partial charge on any atom is -0.390 e. The van der Waals surface area contributed by atoms with Gasteiger partial charge in [0.25, 0.3) is 0 Å². The molecular formula is C19H28N2O. The van der Waals surface area contributed by atoms with Gasteiger partial charge in [-0.2, -0.15) is 0 Å². The van der Waals surface area contributed by atoms with Crippen molar-refractivity contribution < 1.29 is 5.11 Å². The number of aliphatic hydroxyl groups is 1. The molecule has 1 saturated heterocycles. The van der Waals surface area contributed by atoms with E-state index in [0.717, 1.165) is 19.6 Å². The van der Waals surface area contributed by atoms with Gasteiger partial charge in [0, 0.05) is 23.1 Å². The molecule has 0 bridgehead atoms. The van der Waals surface area contributed by atoms with Crippen LogP contribution in [-0.4, -0.2) is 40.3 Å². The van der Waals surface area contributed by atoms with Crippen LogP contribution >= 0.6 is 0 Å². The highest BCUT2D eigenvalue weighted by Gasteiger charge is 2.17. The van der Waals surface area contributed by atoms with Gasteiger partial charge in [0.05, 0.1) is 12.6 Å². The zero-order valence-corrected chi connectivity index (χ0v) is 14.1. The zero-order chi connectivity index (χ0) is 15.7. The third kappa shape index (κ3) is 3.06. The van der Waals surface area contributed by atoms with Crippen LogP contribution in [-0.2, 0) is 6.54 Å². The van der Waals surface area contributed by atoms with Gasteiger partial charge in [-0.25, -0.2) is 0 Å². The molecule has 1 N–H and O–H groups in total. The Kier molecular flexibility index (Phi) is 4.55. The molecule has 22 heavy (non-hydrogen) atoms. The third-order valence-corrected chi connectivity index (χ3v) is 5.11. The van der Waals surface area contributed by atoms with E-state index in [1.165, 1.54) is 47.0 Å². The SMILES string of the molecule is Cc1ccc2c(c1)c(C)c(C)n2C[C@@H](O)CN1CCCCC1. The van der Waals surface area contributed by atoms with E-state index in [1.807, 2.05) is 0 Å². The van der Waals surface area contributed by atoms with Crippen molar-refractivity contribution in [3.8, 4) is 0 Å². The van der Waals surface area contributed by atoms with Gasteiger partial charge >= 0.3 is 0 Å². The van der Waals surface area contributed by atoms with Gasteiger partial charge in [-0.3, -0.25) is 0 Å². The van der Waals surface area contributed by atoms with Crippen LogP contribution in [0.2, 0.25) is 0 Å². The summed E-state index contributed by atoms with van der Waals surface area (Å²) >= 11 is 0. The van der Waals surface area contributed by atoms with Gasteiger partial charge in [0.1, 0.15) is 0 Å². The topological polar surface area (TPSA) is 28.4 Å². The Labute approximate surface area is 133 Å². The number of hydrogen-bond donors (Lipinski definition) is 1. The largest absolute Gasteiger partial charge is 0.390 e. The third-order valence-electron chi connectivity index (χ3n) is 5.11. The van der Waals surface area contributed by atoms with Crippen LogP contribution in [0.15, 0.2) is 18.2 Å². The highest BCUT2D eigenvalue weighted by Crippen LogP contribution is 2.26. The maximum Gasteiger partial charge on any atom is 0.0845 e. The average molecular weight is 300 g/mol. The molecule has 1 aromatic heterocycles. The van der Waals surface area contributed by atoms with Gasteiger partial charge in [-0.1, -0.05) is 18.1 Å². The molecule has 0 radical (unpaired) electrons. The number of benzene rings is 1. The predicted molar refractivity (Wildman–Crippen MR) is 92.4 cm³/mol. The number of fused-ring (bicyclic) bond motifs is 1. The molecule has 0 unspecified atom stereocenters. The molecular weight excluding hydrogens is 272 g/mol. The standard InChI is InChI=1S/C19H28N2O/c1-14-7-8-19-18(11-14)15(2)16(3)21(19)13-17(22)12-20-9-5-4-6-10-20/h7-8,11,17,22H,4-6,9-10,12-13H2,1-3H3/t17-/m0/s1. The van der Waals surface area contributed by atoms with Crippen molar-refractivity contribution in [1.29, 1.82) is 0 Å². The summed E-state index contributed by atoms with van der Waals surface area (Å²) in [5.41, 5.74) is 5.15. The molecule has 0 saturated carbocycles. The molecule has 2 aromatic rings. The molecule has 0 aliphatic carbocycles. The Morgan fingerprint density at radius 1 is 1.05 bits per heavy atom. The molecule has 3 rings (SSSR count). The summed E-state index contributed by atoms with van der Waals surface area (Å²) in [5, 5.41) is 11.9. The van der Waals surface area contributed by atoms with Crippen molar-refractivity contribution >= 4 is 10.9 Å². The average Bonchev–Trinajstić information content (AvgIpc) is 2.73. The summed E-state index contributed by atoms with van der Waals surface area (Å²) in [7, 11) is 0. The Morgan fingerprint density at radius 2 is 1.77 bits per heavy atom. The normalized spacial score (nSPS) is 18.0. The number of β-amino-alcohol motifs (C(OH)–C–C–N with tert-alkyl or cyclic N) is 1. The lowest BCUT2D eigenvalue weighted by molar-refractivity contribution is 0.0888. The van der Waals surface area contributed by atoms with Crippen LogP contribution in [0.25, 0.3) is 10.9 Å². The molecule has 1 aliphatic rings. The van der Waals surface area contributed by atoms with Crippen LogP contribution in [0.4, 0.5) is 0 Å². The number of aliphatic hydroxyl groups excluding tert-OH is 1.